The van der Waals surface area contributed by atoms with E-state index in [2.05, 4.69) is 27.7 Å². The minimum absolute atomic E-state index is 0. The molecule has 4 nitrogen and oxygen atoms in total. The van der Waals surface area contributed by atoms with Crippen molar-refractivity contribution in [2.75, 3.05) is 0 Å². The minimum Gasteiger partial charge on any atom is -0.481 e. The van der Waals surface area contributed by atoms with Gasteiger partial charge in [0.1, 0.15) is 0 Å². The van der Waals surface area contributed by atoms with Crippen LogP contribution in [0.2, 0.25) is 0 Å². The van der Waals surface area contributed by atoms with Crippen LogP contribution in [0.1, 0.15) is 98.3 Å². The Bertz CT molecular complexity index is 353. The Hall–Kier alpha value is -0.0600. The van der Waals surface area contributed by atoms with E-state index in [-0.39, 0.29) is 36.0 Å². The van der Waals surface area contributed by atoms with Crippen LogP contribution in [0.4, 0.5) is 0 Å². The van der Waals surface area contributed by atoms with E-state index in [4.69, 9.17) is 0 Å². The predicted octanol–water partition coefficient (Wildman–Crippen LogP) is 2.75. The number of unbranched alkanes of at least 4 members (excludes halogenated alkanes) is 2. The van der Waals surface area contributed by atoms with Gasteiger partial charge >= 0.3 is 41.5 Å². The summed E-state index contributed by atoms with van der Waals surface area (Å²) >= 11 is 0. The van der Waals surface area contributed by atoms with Crippen LogP contribution < -0.4 is 29.6 Å². The predicted molar refractivity (Wildman–Crippen MR) is 98.2 cm³/mol. The summed E-state index contributed by atoms with van der Waals surface area (Å²) in [5.74, 6) is -1.32. The molecular formula is C20H38NaO4+. The van der Waals surface area contributed by atoms with Gasteiger partial charge in [-0.1, -0.05) is 79.1 Å². The average Bonchev–Trinajstić information content (AvgIpc) is 2.54. The summed E-state index contributed by atoms with van der Waals surface area (Å²) in [6.07, 6.45) is 8.88. The van der Waals surface area contributed by atoms with Crippen LogP contribution in [-0.2, 0) is 9.59 Å². The fourth-order valence-electron chi connectivity index (χ4n) is 3.76. The molecule has 2 atom stereocenters. The third-order valence-electron chi connectivity index (χ3n) is 5.39. The van der Waals surface area contributed by atoms with Crippen LogP contribution in [0.5, 0.6) is 0 Å². The van der Waals surface area contributed by atoms with E-state index in [9.17, 15) is 19.8 Å². The van der Waals surface area contributed by atoms with Crippen molar-refractivity contribution in [3.05, 3.63) is 0 Å². The number of hydrogen-bond donors (Lipinski definition) is 2. The summed E-state index contributed by atoms with van der Waals surface area (Å²) in [7, 11) is 0. The number of hydrogen-bond acceptors (Lipinski definition) is 2. The van der Waals surface area contributed by atoms with Crippen molar-refractivity contribution >= 4 is 11.9 Å². The molecule has 0 bridgehead atoms. The average molecular weight is 366 g/mol. The zero-order chi connectivity index (χ0) is 18.6. The topological polar surface area (TPSA) is 74.6 Å². The van der Waals surface area contributed by atoms with E-state index in [1.165, 1.54) is 0 Å². The molecule has 0 aromatic rings. The molecule has 0 aliphatic heterocycles. The second-order valence-electron chi connectivity index (χ2n) is 7.40. The standard InChI is InChI=1S/C20H38O4.Na/c1-5-9-11-16(7-3)13-20(19(23)24,15-18(21)22)14-17(8-4)12-10-6-2;/h16-17H,5-15H2,1-4H3,(H,21,22)(H,23,24);/q;+1. The van der Waals surface area contributed by atoms with Crippen molar-refractivity contribution in [1.29, 1.82) is 0 Å². The Balaban J connectivity index is 0. The summed E-state index contributed by atoms with van der Waals surface area (Å²) in [4.78, 5) is 23.6. The first-order chi connectivity index (χ1) is 11.3. The van der Waals surface area contributed by atoms with Gasteiger partial charge in [0.25, 0.3) is 0 Å². The van der Waals surface area contributed by atoms with Gasteiger partial charge in [0, 0.05) is 0 Å². The van der Waals surface area contributed by atoms with Crippen LogP contribution in [0.3, 0.4) is 0 Å². The molecule has 0 saturated heterocycles. The van der Waals surface area contributed by atoms with Gasteiger partial charge in [-0.25, -0.2) is 0 Å². The third-order valence-corrected chi connectivity index (χ3v) is 5.39. The van der Waals surface area contributed by atoms with Gasteiger partial charge in [-0.05, 0) is 24.7 Å². The molecule has 0 aromatic heterocycles. The fourth-order valence-corrected chi connectivity index (χ4v) is 3.76. The van der Waals surface area contributed by atoms with Crippen LogP contribution in [0.15, 0.2) is 0 Å². The van der Waals surface area contributed by atoms with Gasteiger partial charge in [0.2, 0.25) is 0 Å². The molecule has 2 unspecified atom stereocenters. The minimum atomic E-state index is -1.12. The van der Waals surface area contributed by atoms with Crippen LogP contribution in [0, 0.1) is 17.3 Å². The quantitative estimate of drug-likeness (QED) is 0.438. The fraction of sp³-hybridized carbons (Fsp3) is 0.900. The Morgan fingerprint density at radius 1 is 0.840 bits per heavy atom. The molecule has 0 amide bonds. The molecule has 2 N–H and O–H groups in total. The van der Waals surface area contributed by atoms with Gasteiger partial charge in [0.05, 0.1) is 11.8 Å². The Morgan fingerprint density at radius 3 is 1.48 bits per heavy atom. The summed E-state index contributed by atoms with van der Waals surface area (Å²) in [5, 5.41) is 19.3. The van der Waals surface area contributed by atoms with Crippen molar-refractivity contribution < 1.29 is 49.4 Å². The van der Waals surface area contributed by atoms with Crippen molar-refractivity contribution in [3.63, 3.8) is 0 Å². The number of rotatable bonds is 15. The van der Waals surface area contributed by atoms with Gasteiger partial charge < -0.3 is 10.2 Å². The molecule has 0 spiro atoms. The van der Waals surface area contributed by atoms with Gasteiger partial charge in [0.15, 0.2) is 0 Å². The third kappa shape index (κ3) is 10.6. The molecule has 0 aromatic carbocycles. The molecular weight excluding hydrogens is 327 g/mol. The van der Waals surface area contributed by atoms with Crippen molar-refractivity contribution in [3.8, 4) is 0 Å². The Kier molecular flexibility index (Phi) is 16.3. The molecule has 0 rings (SSSR count). The largest absolute Gasteiger partial charge is 1.00 e. The first-order valence-corrected chi connectivity index (χ1v) is 9.80. The van der Waals surface area contributed by atoms with Crippen molar-refractivity contribution in [2.24, 2.45) is 17.3 Å². The molecule has 0 aliphatic rings. The van der Waals surface area contributed by atoms with E-state index in [1.54, 1.807) is 0 Å². The molecule has 5 heteroatoms. The van der Waals surface area contributed by atoms with Gasteiger partial charge in [-0.2, -0.15) is 0 Å². The number of carboxylic acids is 2. The maximum absolute atomic E-state index is 12.1. The van der Waals surface area contributed by atoms with E-state index in [0.29, 0.717) is 24.7 Å². The Labute approximate surface area is 176 Å². The van der Waals surface area contributed by atoms with E-state index in [0.717, 1.165) is 51.4 Å². The molecule has 25 heavy (non-hydrogen) atoms. The first kappa shape index (κ1) is 27.2. The van der Waals surface area contributed by atoms with Gasteiger partial charge in [-0.15, -0.1) is 0 Å². The van der Waals surface area contributed by atoms with Crippen LogP contribution >= 0.6 is 0 Å². The number of aliphatic carboxylic acids is 2. The smallest absolute Gasteiger partial charge is 0.481 e. The van der Waals surface area contributed by atoms with Crippen molar-refractivity contribution in [1.82, 2.24) is 0 Å². The zero-order valence-electron chi connectivity index (χ0n) is 17.1. The Morgan fingerprint density at radius 2 is 1.24 bits per heavy atom. The number of carboxylic acid groups (broad SMARTS) is 2. The van der Waals surface area contributed by atoms with E-state index < -0.39 is 17.4 Å². The second-order valence-corrected chi connectivity index (χ2v) is 7.40. The van der Waals surface area contributed by atoms with Crippen LogP contribution in [-0.4, -0.2) is 22.2 Å². The zero-order valence-corrected chi connectivity index (χ0v) is 19.1. The van der Waals surface area contributed by atoms with E-state index >= 15 is 0 Å². The monoisotopic (exact) mass is 365 g/mol. The molecule has 0 radical (unpaired) electrons. The SMILES string of the molecule is CCCCC(CC)CC(CC(=O)O)(CC(CC)CCCC)C(=O)O.[Na+]. The summed E-state index contributed by atoms with van der Waals surface area (Å²) in [6.45, 7) is 8.43. The molecule has 0 saturated carbocycles. The maximum atomic E-state index is 12.1. The summed E-state index contributed by atoms with van der Waals surface area (Å²) < 4.78 is 0. The molecule has 142 valence electrons. The number of carbonyl (C=O) groups is 2. The summed E-state index contributed by atoms with van der Waals surface area (Å²) in [6, 6.07) is 0. The maximum Gasteiger partial charge on any atom is 1.00 e. The van der Waals surface area contributed by atoms with Gasteiger partial charge in [-0.3, -0.25) is 9.59 Å². The molecule has 0 fully saturated rings. The molecule has 0 heterocycles. The normalized spacial score (nSPS) is 15.7. The van der Waals surface area contributed by atoms with Crippen LogP contribution in [0.25, 0.3) is 0 Å². The summed E-state index contributed by atoms with van der Waals surface area (Å²) in [5.41, 5.74) is -1.12. The first-order valence-electron chi connectivity index (χ1n) is 9.80. The van der Waals surface area contributed by atoms with Crippen molar-refractivity contribution in [2.45, 2.75) is 98.3 Å². The van der Waals surface area contributed by atoms with E-state index in [1.807, 2.05) is 0 Å². The second kappa shape index (κ2) is 15.0. The molecule has 0 aliphatic carbocycles.